The summed E-state index contributed by atoms with van der Waals surface area (Å²) in [6.45, 7) is 30.0. The highest BCUT2D eigenvalue weighted by Gasteiger charge is 2.48. The van der Waals surface area contributed by atoms with Crippen molar-refractivity contribution >= 4 is 68.4 Å². The fraction of sp³-hybridized carbons (Fsp3) is 0.373. The Morgan fingerprint density at radius 2 is 1.15 bits per heavy atom. The van der Waals surface area contributed by atoms with Crippen molar-refractivity contribution in [2.75, 3.05) is 9.80 Å². The van der Waals surface area contributed by atoms with Crippen molar-refractivity contribution in [2.24, 2.45) is 0 Å². The van der Waals surface area contributed by atoms with E-state index < -0.39 is 0 Å². The SMILES string of the molecule is Cc1cc2c3c(c1)N(c1ccc(C(C)(C)C)cc1)c1c(oc4c(C(C)(C)C)cccc14)B3c1cc(C(C)(C)C)ccc1N2c1ccc(C(C)(C)C)c2c1CC2. The summed E-state index contributed by atoms with van der Waals surface area (Å²) in [5.41, 5.74) is 21.8. The Morgan fingerprint density at radius 3 is 1.75 bits per heavy atom. The molecule has 0 saturated carbocycles. The predicted octanol–water partition coefficient (Wildman–Crippen LogP) is 12.1. The Labute approximate surface area is 329 Å². The Balaban J connectivity index is 1.40. The molecule has 0 spiro atoms. The minimum Gasteiger partial charge on any atom is -0.468 e. The van der Waals surface area contributed by atoms with Gasteiger partial charge in [-0.2, -0.15) is 0 Å². The normalized spacial score (nSPS) is 15.1. The molecule has 0 atom stereocenters. The Kier molecular flexibility index (Phi) is 7.63. The zero-order chi connectivity index (χ0) is 39.1. The average molecular weight is 725 g/mol. The summed E-state index contributed by atoms with van der Waals surface area (Å²) in [6.07, 6.45) is 2.25. The third-order valence-corrected chi connectivity index (χ3v) is 12.6. The molecule has 0 N–H and O–H groups in total. The molecule has 1 aromatic heterocycles. The van der Waals surface area contributed by atoms with Gasteiger partial charge in [-0.05, 0) is 128 Å². The number of hydrogen-bond donors (Lipinski definition) is 0. The lowest BCUT2D eigenvalue weighted by molar-refractivity contribution is 0.569. The topological polar surface area (TPSA) is 19.6 Å². The van der Waals surface area contributed by atoms with Gasteiger partial charge in [0.15, 0.2) is 0 Å². The monoisotopic (exact) mass is 724 g/mol. The molecule has 0 bridgehead atoms. The van der Waals surface area contributed by atoms with E-state index in [-0.39, 0.29) is 28.4 Å². The second kappa shape index (κ2) is 11.7. The number of aryl methyl sites for hydroxylation is 1. The molecule has 5 aromatic carbocycles. The molecular weight excluding hydrogens is 667 g/mol. The summed E-state index contributed by atoms with van der Waals surface area (Å²) >= 11 is 0. The molecule has 55 heavy (non-hydrogen) atoms. The van der Waals surface area contributed by atoms with Gasteiger partial charge in [0.25, 0.3) is 6.71 Å². The Morgan fingerprint density at radius 1 is 0.545 bits per heavy atom. The first kappa shape index (κ1) is 36.0. The van der Waals surface area contributed by atoms with E-state index in [1.54, 1.807) is 0 Å². The molecule has 3 nitrogen and oxygen atoms in total. The molecule has 4 heteroatoms. The molecule has 0 radical (unpaired) electrons. The number of anilines is 6. The maximum Gasteiger partial charge on any atom is 0.297 e. The summed E-state index contributed by atoms with van der Waals surface area (Å²) < 4.78 is 7.43. The first-order valence-electron chi connectivity index (χ1n) is 20.4. The van der Waals surface area contributed by atoms with E-state index in [0.29, 0.717) is 0 Å². The quantitative estimate of drug-likeness (QED) is 0.166. The number of benzene rings is 5. The van der Waals surface area contributed by atoms with Crippen LogP contribution in [-0.2, 0) is 34.5 Å². The molecular formula is C51H57BN2O. The van der Waals surface area contributed by atoms with Gasteiger partial charge in [-0.3, -0.25) is 0 Å². The van der Waals surface area contributed by atoms with Crippen LogP contribution >= 0.6 is 0 Å². The van der Waals surface area contributed by atoms with Crippen LogP contribution in [0.5, 0.6) is 0 Å². The summed E-state index contributed by atoms with van der Waals surface area (Å²) in [6, 6.07) is 33.0. The van der Waals surface area contributed by atoms with Crippen LogP contribution in [0.25, 0.3) is 11.0 Å². The largest absolute Gasteiger partial charge is 0.468 e. The molecule has 2 aliphatic heterocycles. The molecule has 0 unspecified atom stereocenters. The van der Waals surface area contributed by atoms with E-state index in [0.717, 1.165) is 35.5 Å². The smallest absolute Gasteiger partial charge is 0.297 e. The maximum atomic E-state index is 7.43. The molecule has 0 saturated heterocycles. The molecule has 3 aliphatic rings. The molecule has 6 aromatic rings. The third kappa shape index (κ3) is 5.45. The van der Waals surface area contributed by atoms with Crippen molar-refractivity contribution in [3.8, 4) is 0 Å². The highest BCUT2D eigenvalue weighted by atomic mass is 16.3. The van der Waals surface area contributed by atoms with Crippen molar-refractivity contribution in [3.05, 3.63) is 124 Å². The van der Waals surface area contributed by atoms with E-state index in [1.165, 1.54) is 78.0 Å². The fourth-order valence-electron chi connectivity index (χ4n) is 9.57. The first-order chi connectivity index (χ1) is 25.7. The van der Waals surface area contributed by atoms with Gasteiger partial charge in [0.2, 0.25) is 0 Å². The average Bonchev–Trinajstić information content (AvgIpc) is 3.45. The maximum absolute atomic E-state index is 7.43. The number of furan rings is 1. The highest BCUT2D eigenvalue weighted by Crippen LogP contribution is 2.51. The van der Waals surface area contributed by atoms with Crippen molar-refractivity contribution in [1.82, 2.24) is 0 Å². The van der Waals surface area contributed by atoms with Crippen LogP contribution in [0.4, 0.5) is 34.1 Å². The van der Waals surface area contributed by atoms with Gasteiger partial charge in [0.1, 0.15) is 5.58 Å². The third-order valence-electron chi connectivity index (χ3n) is 12.6. The van der Waals surface area contributed by atoms with Gasteiger partial charge in [0.05, 0.1) is 11.3 Å². The number of para-hydroxylation sites is 1. The number of hydrogen-bond acceptors (Lipinski definition) is 3. The molecule has 9 rings (SSSR count). The minimum atomic E-state index is -0.0878. The van der Waals surface area contributed by atoms with Gasteiger partial charge in [0, 0.05) is 39.4 Å². The summed E-state index contributed by atoms with van der Waals surface area (Å²) in [4.78, 5) is 5.14. The highest BCUT2D eigenvalue weighted by molar-refractivity contribution is 7.00. The molecule has 0 fully saturated rings. The van der Waals surface area contributed by atoms with Crippen LogP contribution < -0.4 is 26.4 Å². The summed E-state index contributed by atoms with van der Waals surface area (Å²) in [5.74, 6) is 0. The van der Waals surface area contributed by atoms with Crippen LogP contribution in [-0.4, -0.2) is 6.71 Å². The summed E-state index contributed by atoms with van der Waals surface area (Å²) in [5, 5.41) is 1.17. The van der Waals surface area contributed by atoms with Crippen LogP contribution in [0, 0.1) is 6.92 Å². The van der Waals surface area contributed by atoms with E-state index >= 15 is 0 Å². The lowest BCUT2D eigenvalue weighted by atomic mass is 9.35. The van der Waals surface area contributed by atoms with Gasteiger partial charge in [-0.25, -0.2) is 0 Å². The predicted molar refractivity (Wildman–Crippen MR) is 237 cm³/mol. The lowest BCUT2D eigenvalue weighted by Gasteiger charge is -2.44. The number of fused-ring (bicyclic) bond motifs is 7. The van der Waals surface area contributed by atoms with Crippen LogP contribution in [0.15, 0.2) is 89.3 Å². The Hall–Kier alpha value is -4.70. The number of nitrogens with zero attached hydrogens (tertiary/aromatic N) is 2. The molecule has 1 aliphatic carbocycles. The van der Waals surface area contributed by atoms with Gasteiger partial charge in [-0.15, -0.1) is 0 Å². The van der Waals surface area contributed by atoms with Crippen LogP contribution in [0.2, 0.25) is 0 Å². The number of rotatable bonds is 2. The van der Waals surface area contributed by atoms with E-state index in [4.69, 9.17) is 4.42 Å². The van der Waals surface area contributed by atoms with E-state index in [2.05, 4.69) is 185 Å². The summed E-state index contributed by atoms with van der Waals surface area (Å²) in [7, 11) is 0. The standard InChI is InChI=1S/C51H57BN2O/c1-30-27-42-44-43(28-30)54(40-26-24-37(50(8,9)10)34-22-23-35(34)40)41-25-19-32(49(5,6)7)29-39(41)52(44)47-45(36-15-14-16-38(46(36)55-47)51(11,12)13)53(42)33-20-17-31(18-21-33)48(2,3)4/h14-21,24-29H,22-23H2,1-13H3. The van der Waals surface area contributed by atoms with E-state index in [9.17, 15) is 0 Å². The minimum absolute atomic E-state index is 0.0139. The first-order valence-corrected chi connectivity index (χ1v) is 20.4. The van der Waals surface area contributed by atoms with Gasteiger partial charge < -0.3 is 14.2 Å². The fourth-order valence-corrected chi connectivity index (χ4v) is 9.57. The lowest BCUT2D eigenvalue weighted by Crippen LogP contribution is -2.61. The van der Waals surface area contributed by atoms with Crippen molar-refractivity contribution in [1.29, 1.82) is 0 Å². The van der Waals surface area contributed by atoms with Gasteiger partial charge >= 0.3 is 0 Å². The van der Waals surface area contributed by atoms with Crippen molar-refractivity contribution < 1.29 is 4.42 Å². The van der Waals surface area contributed by atoms with Crippen molar-refractivity contribution in [2.45, 2.75) is 125 Å². The Bertz CT molecular complexity index is 2540. The molecule has 3 heterocycles. The van der Waals surface area contributed by atoms with Crippen molar-refractivity contribution in [3.63, 3.8) is 0 Å². The van der Waals surface area contributed by atoms with Crippen LogP contribution in [0.1, 0.15) is 122 Å². The van der Waals surface area contributed by atoms with Gasteiger partial charge in [-0.1, -0.05) is 126 Å². The molecule has 0 amide bonds. The zero-order valence-corrected chi connectivity index (χ0v) is 35.4. The van der Waals surface area contributed by atoms with E-state index in [1.807, 2.05) is 0 Å². The second-order valence-electron chi connectivity index (χ2n) is 20.7. The van der Waals surface area contributed by atoms with Crippen LogP contribution in [0.3, 0.4) is 0 Å². The molecule has 280 valence electrons. The second-order valence-corrected chi connectivity index (χ2v) is 20.7. The zero-order valence-electron chi connectivity index (χ0n) is 35.4.